The molecular weight excluding hydrogens is 188 g/mol. The first kappa shape index (κ1) is 8.68. The lowest BCUT2D eigenvalue weighted by atomic mass is 10.3. The third kappa shape index (κ3) is 1.72. The average molecular weight is 198 g/mol. The molecule has 0 radical (unpaired) electrons. The summed E-state index contributed by atoms with van der Waals surface area (Å²) in [6.45, 7) is 1.39. The molecule has 1 heterocycles. The Morgan fingerprint density at radius 2 is 2.23 bits per heavy atom. The maximum absolute atomic E-state index is 11.5. The Labute approximate surface area is 79.3 Å². The van der Waals surface area contributed by atoms with E-state index in [1.807, 2.05) is 0 Å². The molecule has 5 heteroatoms. The SMILES string of the molecule is [O-][S+]1NCCNc2ccc(O)cc21. The summed E-state index contributed by atoms with van der Waals surface area (Å²) in [6.07, 6.45) is 0. The molecule has 0 aliphatic carbocycles. The van der Waals surface area contributed by atoms with Gasteiger partial charge in [0.05, 0.1) is 23.6 Å². The van der Waals surface area contributed by atoms with Crippen molar-refractivity contribution in [2.45, 2.75) is 4.90 Å². The van der Waals surface area contributed by atoms with Crippen LogP contribution in [0, 0.1) is 0 Å². The lowest BCUT2D eigenvalue weighted by Crippen LogP contribution is -2.25. The Morgan fingerprint density at radius 3 is 3.08 bits per heavy atom. The van der Waals surface area contributed by atoms with Crippen LogP contribution in [0.25, 0.3) is 0 Å². The fourth-order valence-electron chi connectivity index (χ4n) is 1.23. The van der Waals surface area contributed by atoms with E-state index in [9.17, 15) is 9.66 Å². The molecule has 0 saturated carbocycles. The van der Waals surface area contributed by atoms with Gasteiger partial charge in [0.1, 0.15) is 5.75 Å². The Bertz CT molecular complexity index is 319. The van der Waals surface area contributed by atoms with E-state index in [-0.39, 0.29) is 5.75 Å². The number of phenolic OH excluding ortho intramolecular Hbond substituents is 1. The van der Waals surface area contributed by atoms with Gasteiger partial charge in [-0.25, -0.2) is 0 Å². The lowest BCUT2D eigenvalue weighted by molar-refractivity contribution is 0.473. The zero-order chi connectivity index (χ0) is 9.26. The zero-order valence-electron chi connectivity index (χ0n) is 6.91. The van der Waals surface area contributed by atoms with Crippen molar-refractivity contribution in [1.82, 2.24) is 4.72 Å². The highest BCUT2D eigenvalue weighted by atomic mass is 32.2. The first-order valence-corrected chi connectivity index (χ1v) is 5.14. The molecule has 0 spiro atoms. The molecule has 1 aromatic rings. The Morgan fingerprint density at radius 1 is 1.38 bits per heavy atom. The van der Waals surface area contributed by atoms with Crippen LogP contribution in [0.3, 0.4) is 0 Å². The lowest BCUT2D eigenvalue weighted by Gasteiger charge is -2.08. The zero-order valence-corrected chi connectivity index (χ0v) is 7.73. The number of phenols is 1. The monoisotopic (exact) mass is 198 g/mol. The standard InChI is InChI=1S/C8H10N2O2S/c11-6-1-2-7-8(5-6)13(12)10-4-3-9-7/h1-2,5,9-11H,3-4H2. The van der Waals surface area contributed by atoms with Crippen LogP contribution in [0.4, 0.5) is 5.69 Å². The van der Waals surface area contributed by atoms with Crippen LogP contribution in [-0.4, -0.2) is 22.7 Å². The van der Waals surface area contributed by atoms with E-state index in [2.05, 4.69) is 10.0 Å². The maximum Gasteiger partial charge on any atom is 0.200 e. The van der Waals surface area contributed by atoms with Gasteiger partial charge in [-0.15, -0.1) is 4.72 Å². The van der Waals surface area contributed by atoms with Crippen molar-refractivity contribution >= 4 is 17.0 Å². The quantitative estimate of drug-likeness (QED) is 0.418. The van der Waals surface area contributed by atoms with Crippen molar-refractivity contribution in [3.8, 4) is 5.75 Å². The number of rotatable bonds is 0. The molecule has 0 fully saturated rings. The summed E-state index contributed by atoms with van der Waals surface area (Å²) < 4.78 is 14.3. The first-order valence-electron chi connectivity index (χ1n) is 3.99. The molecule has 1 atom stereocenters. The van der Waals surface area contributed by atoms with Gasteiger partial charge in [0.25, 0.3) is 0 Å². The Balaban J connectivity index is 2.43. The molecule has 0 amide bonds. The molecule has 3 N–H and O–H groups in total. The molecular formula is C8H10N2O2S. The van der Waals surface area contributed by atoms with Gasteiger partial charge in [-0.1, -0.05) is 0 Å². The van der Waals surface area contributed by atoms with Gasteiger partial charge >= 0.3 is 0 Å². The summed E-state index contributed by atoms with van der Waals surface area (Å²) in [5.41, 5.74) is 0.820. The van der Waals surface area contributed by atoms with E-state index < -0.39 is 11.4 Å². The van der Waals surface area contributed by atoms with E-state index >= 15 is 0 Å². The first-order chi connectivity index (χ1) is 6.27. The second kappa shape index (κ2) is 3.45. The van der Waals surface area contributed by atoms with Crippen molar-refractivity contribution in [3.05, 3.63) is 18.2 Å². The summed E-state index contributed by atoms with van der Waals surface area (Å²) in [4.78, 5) is 0.609. The molecule has 1 aliphatic heterocycles. The molecule has 4 nitrogen and oxygen atoms in total. The minimum absolute atomic E-state index is 0.137. The normalized spacial score (nSPS) is 21.5. The van der Waals surface area contributed by atoms with Gasteiger partial charge in [-0.2, -0.15) is 0 Å². The molecule has 1 aliphatic rings. The predicted octanol–water partition coefficient (Wildman–Crippen LogP) is 0.430. The van der Waals surface area contributed by atoms with Crippen molar-refractivity contribution in [2.75, 3.05) is 18.4 Å². The smallest absolute Gasteiger partial charge is 0.200 e. The highest BCUT2D eigenvalue weighted by Gasteiger charge is 2.19. The molecule has 0 bridgehead atoms. The number of hydrogen-bond acceptors (Lipinski definition) is 4. The summed E-state index contributed by atoms with van der Waals surface area (Å²) in [5, 5.41) is 12.3. The largest absolute Gasteiger partial charge is 0.593 e. The average Bonchev–Trinajstić information content (AvgIpc) is 2.29. The highest BCUT2D eigenvalue weighted by Crippen LogP contribution is 2.26. The van der Waals surface area contributed by atoms with Crippen LogP contribution >= 0.6 is 0 Å². The van der Waals surface area contributed by atoms with Crippen LogP contribution < -0.4 is 10.0 Å². The molecule has 0 aromatic heterocycles. The van der Waals surface area contributed by atoms with Gasteiger partial charge in [0.2, 0.25) is 4.90 Å². The van der Waals surface area contributed by atoms with Gasteiger partial charge in [0.15, 0.2) is 0 Å². The van der Waals surface area contributed by atoms with Gasteiger partial charge in [-0.3, -0.25) is 0 Å². The number of nitrogens with one attached hydrogen (secondary N) is 2. The van der Waals surface area contributed by atoms with E-state index in [1.165, 1.54) is 6.07 Å². The van der Waals surface area contributed by atoms with Crippen molar-refractivity contribution < 1.29 is 9.66 Å². The van der Waals surface area contributed by atoms with E-state index in [0.717, 1.165) is 12.2 Å². The molecule has 1 aromatic carbocycles. The van der Waals surface area contributed by atoms with E-state index in [0.29, 0.717) is 11.4 Å². The van der Waals surface area contributed by atoms with Crippen molar-refractivity contribution in [1.29, 1.82) is 0 Å². The maximum atomic E-state index is 11.5. The number of fused-ring (bicyclic) bond motifs is 1. The number of benzene rings is 1. The molecule has 2 rings (SSSR count). The second-order valence-corrected chi connectivity index (χ2v) is 4.04. The fraction of sp³-hybridized carbons (Fsp3) is 0.250. The second-order valence-electron chi connectivity index (χ2n) is 2.77. The highest BCUT2D eigenvalue weighted by molar-refractivity contribution is 7.89. The van der Waals surface area contributed by atoms with Crippen LogP contribution in [0.2, 0.25) is 0 Å². The molecule has 13 heavy (non-hydrogen) atoms. The van der Waals surface area contributed by atoms with Crippen molar-refractivity contribution in [2.24, 2.45) is 0 Å². The van der Waals surface area contributed by atoms with Gasteiger partial charge in [0, 0.05) is 12.6 Å². The van der Waals surface area contributed by atoms with E-state index in [1.54, 1.807) is 12.1 Å². The third-order valence-electron chi connectivity index (χ3n) is 1.84. The predicted molar refractivity (Wildman–Crippen MR) is 51.0 cm³/mol. The number of aromatic hydroxyl groups is 1. The Kier molecular flexibility index (Phi) is 2.30. The number of hydrogen-bond donors (Lipinski definition) is 3. The van der Waals surface area contributed by atoms with Crippen LogP contribution in [0.15, 0.2) is 23.1 Å². The summed E-state index contributed by atoms with van der Waals surface area (Å²) in [5.74, 6) is 0.137. The number of anilines is 1. The summed E-state index contributed by atoms with van der Waals surface area (Å²) in [6, 6.07) is 4.82. The van der Waals surface area contributed by atoms with Crippen LogP contribution in [0.1, 0.15) is 0 Å². The van der Waals surface area contributed by atoms with Gasteiger partial charge in [-0.05, 0) is 12.1 Å². The van der Waals surface area contributed by atoms with E-state index in [4.69, 9.17) is 0 Å². The molecule has 1 unspecified atom stereocenters. The van der Waals surface area contributed by atoms with Crippen LogP contribution in [0.5, 0.6) is 5.75 Å². The summed E-state index contributed by atoms with van der Waals surface area (Å²) in [7, 11) is 0. The minimum Gasteiger partial charge on any atom is -0.593 e. The van der Waals surface area contributed by atoms with Crippen molar-refractivity contribution in [3.63, 3.8) is 0 Å². The van der Waals surface area contributed by atoms with Gasteiger partial charge < -0.3 is 15.0 Å². The fourth-order valence-corrected chi connectivity index (χ4v) is 2.24. The molecule has 70 valence electrons. The van der Waals surface area contributed by atoms with Crippen LogP contribution in [-0.2, 0) is 11.4 Å². The topological polar surface area (TPSA) is 67.3 Å². The molecule has 0 saturated heterocycles. The minimum atomic E-state index is -1.22. The third-order valence-corrected chi connectivity index (χ3v) is 3.04. The Hall–Kier alpha value is -0.910. The summed E-state index contributed by atoms with van der Waals surface area (Å²) >= 11 is -1.22.